The number of benzene rings is 3. The summed E-state index contributed by atoms with van der Waals surface area (Å²) in [6.07, 6.45) is 2.67. The molecule has 34 heavy (non-hydrogen) atoms. The van der Waals surface area contributed by atoms with Crippen molar-refractivity contribution in [2.24, 2.45) is 0 Å². The van der Waals surface area contributed by atoms with E-state index in [1.807, 2.05) is 84.9 Å². The maximum Gasteiger partial charge on any atom is 0.306 e. The summed E-state index contributed by atoms with van der Waals surface area (Å²) in [5.74, 6) is 0.652. The van der Waals surface area contributed by atoms with Crippen LogP contribution in [-0.4, -0.2) is 20.6 Å². The standard InChI is InChI=1S/C26H24N4O4/c31-26(15-16-28-19-24(17-27-28)30(32)33)29(23-9-5-2-6-10-23)18-21-11-13-25(14-12-21)34-20-22-7-3-1-4-8-22/h1-14,17,19H,15-16,18,20H2. The molecule has 1 heterocycles. The molecule has 8 heteroatoms. The van der Waals surface area contributed by atoms with E-state index in [9.17, 15) is 14.9 Å². The summed E-state index contributed by atoms with van der Waals surface area (Å²) in [4.78, 5) is 25.2. The second-order valence-corrected chi connectivity index (χ2v) is 7.70. The molecule has 0 saturated carbocycles. The van der Waals surface area contributed by atoms with Gasteiger partial charge in [-0.15, -0.1) is 0 Å². The molecular formula is C26H24N4O4. The normalized spacial score (nSPS) is 10.6. The fraction of sp³-hybridized carbons (Fsp3) is 0.154. The second kappa shape index (κ2) is 10.9. The molecule has 3 aromatic carbocycles. The average Bonchev–Trinajstić information content (AvgIpc) is 3.36. The molecule has 0 unspecified atom stereocenters. The summed E-state index contributed by atoms with van der Waals surface area (Å²) >= 11 is 0. The lowest BCUT2D eigenvalue weighted by Gasteiger charge is -2.23. The van der Waals surface area contributed by atoms with E-state index < -0.39 is 4.92 Å². The quantitative estimate of drug-likeness (QED) is 0.248. The zero-order chi connectivity index (χ0) is 23.8. The van der Waals surface area contributed by atoms with E-state index >= 15 is 0 Å². The number of para-hydroxylation sites is 1. The third-order valence-electron chi connectivity index (χ3n) is 5.27. The van der Waals surface area contributed by atoms with Crippen molar-refractivity contribution in [2.45, 2.75) is 26.1 Å². The largest absolute Gasteiger partial charge is 0.489 e. The number of carbonyl (C=O) groups is 1. The predicted molar refractivity (Wildman–Crippen MR) is 128 cm³/mol. The van der Waals surface area contributed by atoms with Crippen molar-refractivity contribution in [1.82, 2.24) is 9.78 Å². The van der Waals surface area contributed by atoms with Crippen molar-refractivity contribution in [3.8, 4) is 5.75 Å². The highest BCUT2D eigenvalue weighted by atomic mass is 16.6. The lowest BCUT2D eigenvalue weighted by atomic mass is 10.1. The third-order valence-corrected chi connectivity index (χ3v) is 5.27. The minimum atomic E-state index is -0.505. The fourth-order valence-electron chi connectivity index (χ4n) is 3.46. The summed E-state index contributed by atoms with van der Waals surface area (Å²) in [7, 11) is 0. The molecule has 0 N–H and O–H groups in total. The van der Waals surface area contributed by atoms with Crippen LogP contribution in [0.15, 0.2) is 97.3 Å². The first-order valence-electron chi connectivity index (χ1n) is 10.9. The molecule has 0 spiro atoms. The molecule has 0 aliphatic rings. The van der Waals surface area contributed by atoms with Crippen molar-refractivity contribution >= 4 is 17.3 Å². The maximum absolute atomic E-state index is 13.1. The molecule has 4 rings (SSSR count). The number of nitrogens with zero attached hydrogens (tertiary/aromatic N) is 4. The molecule has 0 atom stereocenters. The second-order valence-electron chi connectivity index (χ2n) is 7.70. The van der Waals surface area contributed by atoms with Crippen LogP contribution in [0.1, 0.15) is 17.5 Å². The van der Waals surface area contributed by atoms with Gasteiger partial charge in [0, 0.05) is 18.7 Å². The van der Waals surface area contributed by atoms with Crippen LogP contribution in [0.5, 0.6) is 5.75 Å². The highest BCUT2D eigenvalue weighted by Crippen LogP contribution is 2.21. The summed E-state index contributed by atoms with van der Waals surface area (Å²) in [5, 5.41) is 14.8. The predicted octanol–water partition coefficient (Wildman–Crippen LogP) is 4.99. The first kappa shape index (κ1) is 22.7. The summed E-state index contributed by atoms with van der Waals surface area (Å²) < 4.78 is 7.27. The first-order valence-corrected chi connectivity index (χ1v) is 10.9. The Kier molecular flexibility index (Phi) is 7.29. The number of hydrogen-bond donors (Lipinski definition) is 0. The van der Waals surface area contributed by atoms with Crippen molar-refractivity contribution in [3.05, 3.63) is 119 Å². The van der Waals surface area contributed by atoms with Crippen LogP contribution in [-0.2, 0) is 24.5 Å². The van der Waals surface area contributed by atoms with E-state index in [1.165, 1.54) is 17.1 Å². The monoisotopic (exact) mass is 456 g/mol. The van der Waals surface area contributed by atoms with Gasteiger partial charge in [0.25, 0.3) is 0 Å². The molecule has 8 nitrogen and oxygen atoms in total. The number of nitro groups is 1. The molecular weight excluding hydrogens is 432 g/mol. The zero-order valence-electron chi connectivity index (χ0n) is 18.5. The molecule has 1 amide bonds. The Bertz CT molecular complexity index is 1220. The number of aromatic nitrogens is 2. The number of rotatable bonds is 10. The SMILES string of the molecule is O=C(CCn1cc([N+](=O)[O-])cn1)N(Cc1ccc(OCc2ccccc2)cc1)c1ccccc1. The van der Waals surface area contributed by atoms with Gasteiger partial charge in [0.1, 0.15) is 24.8 Å². The Hall–Kier alpha value is -4.46. The van der Waals surface area contributed by atoms with Gasteiger partial charge in [-0.2, -0.15) is 5.10 Å². The van der Waals surface area contributed by atoms with Gasteiger partial charge in [0.15, 0.2) is 0 Å². The van der Waals surface area contributed by atoms with Crippen LogP contribution in [0.2, 0.25) is 0 Å². The Morgan fingerprint density at radius 2 is 1.62 bits per heavy atom. The van der Waals surface area contributed by atoms with Gasteiger partial charge in [-0.05, 0) is 35.4 Å². The van der Waals surface area contributed by atoms with Crippen LogP contribution in [0.25, 0.3) is 0 Å². The lowest BCUT2D eigenvalue weighted by Crippen LogP contribution is -2.31. The van der Waals surface area contributed by atoms with Crippen LogP contribution in [0, 0.1) is 10.1 Å². The van der Waals surface area contributed by atoms with Crippen LogP contribution < -0.4 is 9.64 Å². The van der Waals surface area contributed by atoms with Crippen LogP contribution in [0.4, 0.5) is 11.4 Å². The van der Waals surface area contributed by atoms with Crippen molar-refractivity contribution in [1.29, 1.82) is 0 Å². The number of aryl methyl sites for hydroxylation is 1. The molecule has 0 bridgehead atoms. The van der Waals surface area contributed by atoms with Gasteiger partial charge in [-0.3, -0.25) is 19.6 Å². The number of amides is 1. The molecule has 0 aliphatic heterocycles. The van der Waals surface area contributed by atoms with E-state index in [0.717, 1.165) is 22.6 Å². The van der Waals surface area contributed by atoms with E-state index in [4.69, 9.17) is 4.74 Å². The van der Waals surface area contributed by atoms with E-state index in [-0.39, 0.29) is 24.6 Å². The number of carbonyl (C=O) groups excluding carboxylic acids is 1. The molecule has 0 fully saturated rings. The van der Waals surface area contributed by atoms with Gasteiger partial charge in [0.05, 0.1) is 11.5 Å². The molecule has 0 saturated heterocycles. The van der Waals surface area contributed by atoms with Gasteiger partial charge in [0.2, 0.25) is 5.91 Å². The minimum Gasteiger partial charge on any atom is -0.489 e. The molecule has 1 aromatic heterocycles. The minimum absolute atomic E-state index is 0.0954. The van der Waals surface area contributed by atoms with Gasteiger partial charge < -0.3 is 9.64 Å². The van der Waals surface area contributed by atoms with E-state index in [1.54, 1.807) is 4.90 Å². The van der Waals surface area contributed by atoms with Crippen molar-refractivity contribution in [2.75, 3.05) is 4.90 Å². The first-order chi connectivity index (χ1) is 16.6. The number of ether oxygens (including phenoxy) is 1. The number of anilines is 1. The Morgan fingerprint density at radius 1 is 0.941 bits per heavy atom. The average molecular weight is 457 g/mol. The summed E-state index contributed by atoms with van der Waals surface area (Å²) in [5.41, 5.74) is 2.74. The van der Waals surface area contributed by atoms with Crippen molar-refractivity contribution < 1.29 is 14.5 Å². The van der Waals surface area contributed by atoms with E-state index in [0.29, 0.717) is 13.2 Å². The number of hydrogen-bond acceptors (Lipinski definition) is 5. The Morgan fingerprint density at radius 3 is 2.26 bits per heavy atom. The van der Waals surface area contributed by atoms with Gasteiger partial charge in [-0.25, -0.2) is 0 Å². The van der Waals surface area contributed by atoms with Gasteiger partial charge in [-0.1, -0.05) is 60.7 Å². The molecule has 0 radical (unpaired) electrons. The summed E-state index contributed by atoms with van der Waals surface area (Å²) in [6, 6.07) is 27.1. The van der Waals surface area contributed by atoms with Crippen molar-refractivity contribution in [3.63, 3.8) is 0 Å². The maximum atomic E-state index is 13.1. The van der Waals surface area contributed by atoms with Crippen LogP contribution in [0.3, 0.4) is 0 Å². The van der Waals surface area contributed by atoms with Crippen LogP contribution >= 0.6 is 0 Å². The Labute approximate surface area is 197 Å². The highest BCUT2D eigenvalue weighted by Gasteiger charge is 2.17. The highest BCUT2D eigenvalue weighted by molar-refractivity contribution is 5.93. The Balaban J connectivity index is 1.41. The van der Waals surface area contributed by atoms with Gasteiger partial charge >= 0.3 is 5.69 Å². The zero-order valence-corrected chi connectivity index (χ0v) is 18.5. The van der Waals surface area contributed by atoms with E-state index in [2.05, 4.69) is 5.10 Å². The topological polar surface area (TPSA) is 90.5 Å². The lowest BCUT2D eigenvalue weighted by molar-refractivity contribution is -0.385. The molecule has 4 aromatic rings. The summed E-state index contributed by atoms with van der Waals surface area (Å²) in [6.45, 7) is 1.13. The fourth-order valence-corrected chi connectivity index (χ4v) is 3.46. The molecule has 0 aliphatic carbocycles. The third kappa shape index (κ3) is 6.07. The smallest absolute Gasteiger partial charge is 0.306 e. The molecule has 172 valence electrons.